The summed E-state index contributed by atoms with van der Waals surface area (Å²) in [5.41, 5.74) is 0.863. The van der Waals surface area contributed by atoms with Crippen LogP contribution in [0.25, 0.3) is 0 Å². The molecule has 0 saturated carbocycles. The summed E-state index contributed by atoms with van der Waals surface area (Å²) in [6, 6.07) is 7.45. The van der Waals surface area contributed by atoms with E-state index in [2.05, 4.69) is 14.8 Å². The highest BCUT2D eigenvalue weighted by Crippen LogP contribution is 2.18. The van der Waals surface area contributed by atoms with Crippen molar-refractivity contribution in [1.29, 1.82) is 0 Å². The van der Waals surface area contributed by atoms with Gasteiger partial charge in [0.25, 0.3) is 0 Å². The Hall–Kier alpha value is -1.88. The molecule has 0 fully saturated rings. The summed E-state index contributed by atoms with van der Waals surface area (Å²) in [5.74, 6) is 1.82. The molecule has 1 aromatic heterocycles. The number of benzene rings is 1. The van der Waals surface area contributed by atoms with Gasteiger partial charge in [0.2, 0.25) is 5.91 Å². The predicted octanol–water partition coefficient (Wildman–Crippen LogP) is 1.82. The molecule has 1 amide bonds. The number of aromatic nitrogens is 3. The van der Waals surface area contributed by atoms with E-state index in [1.165, 1.54) is 0 Å². The molecule has 104 valence electrons. The molecule has 3 rings (SSSR count). The van der Waals surface area contributed by atoms with Crippen LogP contribution in [0.4, 0.5) is 0 Å². The van der Waals surface area contributed by atoms with Gasteiger partial charge in [-0.2, -0.15) is 0 Å². The lowest BCUT2D eigenvalue weighted by atomic mass is 10.1. The van der Waals surface area contributed by atoms with E-state index < -0.39 is 0 Å². The Morgan fingerprint density at radius 3 is 2.90 bits per heavy atom. The van der Waals surface area contributed by atoms with E-state index in [1.54, 1.807) is 6.07 Å². The number of nitrogens with zero attached hydrogens (tertiary/aromatic N) is 4. The van der Waals surface area contributed by atoms with Crippen molar-refractivity contribution in [1.82, 2.24) is 19.7 Å². The van der Waals surface area contributed by atoms with Crippen molar-refractivity contribution in [2.75, 3.05) is 6.54 Å². The quantitative estimate of drug-likeness (QED) is 0.848. The molecule has 5 nitrogen and oxygen atoms in total. The van der Waals surface area contributed by atoms with E-state index in [1.807, 2.05) is 30.0 Å². The lowest BCUT2D eigenvalue weighted by molar-refractivity contribution is -0.132. The van der Waals surface area contributed by atoms with Crippen molar-refractivity contribution in [3.8, 4) is 0 Å². The standard InChI is InChI=1S/C14H15ClN4O/c1-10-16-17-13-9-18(6-7-19(10)13)14(20)8-11-4-2-3-5-12(11)15/h2-5H,6-9H2,1H3. The molecule has 1 aliphatic heterocycles. The van der Waals surface area contributed by atoms with Gasteiger partial charge in [-0.3, -0.25) is 4.79 Å². The number of hydrogen-bond donors (Lipinski definition) is 0. The summed E-state index contributed by atoms with van der Waals surface area (Å²) in [6.07, 6.45) is 0.326. The summed E-state index contributed by atoms with van der Waals surface area (Å²) >= 11 is 6.09. The third-order valence-corrected chi connectivity index (χ3v) is 3.96. The van der Waals surface area contributed by atoms with Crippen LogP contribution < -0.4 is 0 Å². The molecule has 6 heteroatoms. The topological polar surface area (TPSA) is 51.0 Å². The molecule has 1 aromatic carbocycles. The summed E-state index contributed by atoms with van der Waals surface area (Å²) in [7, 11) is 0. The van der Waals surface area contributed by atoms with Crippen LogP contribution in [0.15, 0.2) is 24.3 Å². The van der Waals surface area contributed by atoms with Crippen molar-refractivity contribution in [2.45, 2.75) is 26.4 Å². The maximum absolute atomic E-state index is 12.3. The normalized spacial score (nSPS) is 14.2. The van der Waals surface area contributed by atoms with Gasteiger partial charge in [0.15, 0.2) is 5.82 Å². The van der Waals surface area contributed by atoms with Gasteiger partial charge in [-0.05, 0) is 18.6 Å². The second-order valence-corrected chi connectivity index (χ2v) is 5.31. The maximum Gasteiger partial charge on any atom is 0.227 e. The summed E-state index contributed by atoms with van der Waals surface area (Å²) < 4.78 is 2.05. The first kappa shape index (κ1) is 13.1. The number of carbonyl (C=O) groups excluding carboxylic acids is 1. The lowest BCUT2D eigenvalue weighted by Gasteiger charge is -2.27. The molecule has 0 unspecified atom stereocenters. The molecule has 0 atom stereocenters. The molecule has 0 saturated heterocycles. The van der Waals surface area contributed by atoms with Crippen molar-refractivity contribution in [3.05, 3.63) is 46.5 Å². The first-order valence-electron chi connectivity index (χ1n) is 6.55. The van der Waals surface area contributed by atoms with Gasteiger partial charge < -0.3 is 9.47 Å². The molecule has 2 aromatic rings. The summed E-state index contributed by atoms with van der Waals surface area (Å²) in [4.78, 5) is 14.2. The van der Waals surface area contributed by atoms with Crippen molar-refractivity contribution in [2.24, 2.45) is 0 Å². The van der Waals surface area contributed by atoms with Crippen LogP contribution in [-0.2, 0) is 24.3 Å². The minimum atomic E-state index is 0.0741. The van der Waals surface area contributed by atoms with Crippen LogP contribution >= 0.6 is 11.6 Å². The summed E-state index contributed by atoms with van der Waals surface area (Å²) in [6.45, 7) is 3.89. The molecule has 1 aliphatic rings. The Bertz CT molecular complexity index is 652. The van der Waals surface area contributed by atoms with E-state index in [0.717, 1.165) is 23.8 Å². The van der Waals surface area contributed by atoms with Crippen LogP contribution in [-0.4, -0.2) is 32.1 Å². The zero-order chi connectivity index (χ0) is 14.1. The maximum atomic E-state index is 12.3. The van der Waals surface area contributed by atoms with Gasteiger partial charge >= 0.3 is 0 Å². The number of halogens is 1. The number of aryl methyl sites for hydroxylation is 1. The fourth-order valence-corrected chi connectivity index (χ4v) is 2.64. The SMILES string of the molecule is Cc1nnc2n1CCN(C(=O)Cc1ccccc1Cl)C2. The largest absolute Gasteiger partial charge is 0.333 e. The molecule has 0 radical (unpaired) electrons. The molecular weight excluding hydrogens is 276 g/mol. The molecule has 20 heavy (non-hydrogen) atoms. The Balaban J connectivity index is 1.72. The molecule has 0 N–H and O–H groups in total. The van der Waals surface area contributed by atoms with Gasteiger partial charge in [0.05, 0.1) is 13.0 Å². The van der Waals surface area contributed by atoms with Crippen LogP contribution in [0, 0.1) is 6.92 Å². The minimum absolute atomic E-state index is 0.0741. The average Bonchev–Trinajstić information content (AvgIpc) is 2.82. The van der Waals surface area contributed by atoms with Gasteiger partial charge in [-0.25, -0.2) is 0 Å². The zero-order valence-electron chi connectivity index (χ0n) is 11.2. The molecule has 0 spiro atoms. The van der Waals surface area contributed by atoms with E-state index in [9.17, 15) is 4.79 Å². The van der Waals surface area contributed by atoms with Crippen molar-refractivity contribution in [3.63, 3.8) is 0 Å². The first-order valence-corrected chi connectivity index (χ1v) is 6.93. The number of hydrogen-bond acceptors (Lipinski definition) is 3. The zero-order valence-corrected chi connectivity index (χ0v) is 12.0. The second kappa shape index (κ2) is 5.25. The van der Waals surface area contributed by atoms with Gasteiger partial charge in [-0.15, -0.1) is 10.2 Å². The van der Waals surface area contributed by atoms with Gasteiger partial charge in [0, 0.05) is 18.1 Å². The molecular formula is C14H15ClN4O. The smallest absolute Gasteiger partial charge is 0.227 e. The van der Waals surface area contributed by atoms with Crippen LogP contribution in [0.1, 0.15) is 17.2 Å². The number of rotatable bonds is 2. The highest BCUT2D eigenvalue weighted by molar-refractivity contribution is 6.31. The highest BCUT2D eigenvalue weighted by atomic mass is 35.5. The minimum Gasteiger partial charge on any atom is -0.333 e. The van der Waals surface area contributed by atoms with Gasteiger partial charge in [0.1, 0.15) is 5.82 Å². The first-order chi connectivity index (χ1) is 9.65. The fraction of sp³-hybridized carbons (Fsp3) is 0.357. The van der Waals surface area contributed by atoms with Crippen molar-refractivity contribution >= 4 is 17.5 Å². The molecule has 0 bridgehead atoms. The Morgan fingerprint density at radius 2 is 2.10 bits per heavy atom. The summed E-state index contributed by atoms with van der Waals surface area (Å²) in [5, 5.41) is 8.79. The highest BCUT2D eigenvalue weighted by Gasteiger charge is 2.23. The number of amides is 1. The Labute approximate surface area is 122 Å². The third kappa shape index (κ3) is 2.41. The Morgan fingerprint density at radius 1 is 1.30 bits per heavy atom. The molecule has 2 heterocycles. The van der Waals surface area contributed by atoms with E-state index >= 15 is 0 Å². The molecule has 0 aliphatic carbocycles. The van der Waals surface area contributed by atoms with E-state index in [0.29, 0.717) is 24.5 Å². The van der Waals surface area contributed by atoms with E-state index in [4.69, 9.17) is 11.6 Å². The average molecular weight is 291 g/mol. The van der Waals surface area contributed by atoms with Gasteiger partial charge in [-0.1, -0.05) is 29.8 Å². The lowest BCUT2D eigenvalue weighted by Crippen LogP contribution is -2.39. The van der Waals surface area contributed by atoms with E-state index in [-0.39, 0.29) is 5.91 Å². The Kier molecular flexibility index (Phi) is 3.44. The van der Waals surface area contributed by atoms with Crippen LogP contribution in [0.2, 0.25) is 5.02 Å². The monoisotopic (exact) mass is 290 g/mol. The van der Waals surface area contributed by atoms with Crippen molar-refractivity contribution < 1.29 is 4.79 Å². The number of carbonyl (C=O) groups is 1. The second-order valence-electron chi connectivity index (χ2n) is 4.90. The fourth-order valence-electron chi connectivity index (χ4n) is 2.43. The van der Waals surface area contributed by atoms with Crippen LogP contribution in [0.5, 0.6) is 0 Å². The van der Waals surface area contributed by atoms with Crippen LogP contribution in [0.3, 0.4) is 0 Å². The third-order valence-electron chi connectivity index (χ3n) is 3.59. The predicted molar refractivity (Wildman–Crippen MR) is 75.3 cm³/mol. The number of fused-ring (bicyclic) bond motifs is 1.